The van der Waals surface area contributed by atoms with Gasteiger partial charge in [0.15, 0.2) is 5.96 Å². The van der Waals surface area contributed by atoms with Crippen molar-refractivity contribution >= 4 is 11.6 Å². The highest BCUT2D eigenvalue weighted by Gasteiger charge is 2.17. The molecule has 1 aliphatic heterocycles. The molecule has 1 aromatic carbocycles. The van der Waals surface area contributed by atoms with Crippen LogP contribution in [0.4, 0.5) is 5.69 Å². The summed E-state index contributed by atoms with van der Waals surface area (Å²) in [7, 11) is 0. The molecular weight excluding hydrogens is 346 g/mol. The molecule has 2 atom stereocenters. The Labute approximate surface area is 161 Å². The maximum atomic E-state index is 10.8. The van der Waals surface area contributed by atoms with E-state index in [1.807, 2.05) is 0 Å². The van der Waals surface area contributed by atoms with Crippen LogP contribution < -0.4 is 10.6 Å². The first-order valence-electron chi connectivity index (χ1n) is 9.59. The third-order valence-corrected chi connectivity index (χ3v) is 4.80. The number of guanidine groups is 1. The maximum absolute atomic E-state index is 10.8. The number of nitrogens with zero attached hydrogens (tertiary/aromatic N) is 3. The monoisotopic (exact) mass is 377 g/mol. The molecule has 2 rings (SSSR count). The molecule has 8 heteroatoms. The van der Waals surface area contributed by atoms with E-state index in [2.05, 4.69) is 41.3 Å². The zero-order valence-electron chi connectivity index (χ0n) is 16.5. The van der Waals surface area contributed by atoms with Crippen molar-refractivity contribution < 1.29 is 9.66 Å². The summed E-state index contributed by atoms with van der Waals surface area (Å²) in [5, 5.41) is 17.6. The predicted molar refractivity (Wildman–Crippen MR) is 107 cm³/mol. The molecule has 1 saturated heterocycles. The smallest absolute Gasteiger partial charge is 0.269 e. The van der Waals surface area contributed by atoms with E-state index in [-0.39, 0.29) is 5.69 Å². The van der Waals surface area contributed by atoms with Crippen molar-refractivity contribution in [3.05, 3.63) is 39.9 Å². The number of non-ortho nitro benzene ring substituents is 1. The normalized spacial score (nSPS) is 18.0. The summed E-state index contributed by atoms with van der Waals surface area (Å²) in [6, 6.07) is 7.22. The quantitative estimate of drug-likeness (QED) is 0.312. The van der Waals surface area contributed by atoms with Crippen molar-refractivity contribution in [2.75, 3.05) is 32.8 Å². The van der Waals surface area contributed by atoms with Gasteiger partial charge >= 0.3 is 0 Å². The number of benzene rings is 1. The molecule has 2 unspecified atom stereocenters. The van der Waals surface area contributed by atoms with Gasteiger partial charge in [-0.2, -0.15) is 0 Å². The number of morpholine rings is 1. The molecule has 0 saturated carbocycles. The van der Waals surface area contributed by atoms with Crippen LogP contribution in [0.3, 0.4) is 0 Å². The number of nitro benzene ring substituents is 1. The number of nitro groups is 1. The number of rotatable bonds is 8. The molecule has 0 amide bonds. The molecule has 0 radical (unpaired) electrons. The fourth-order valence-electron chi connectivity index (χ4n) is 2.77. The summed E-state index contributed by atoms with van der Waals surface area (Å²) < 4.78 is 5.41. The second-order valence-corrected chi connectivity index (χ2v) is 6.92. The standard InChI is InChI=1S/C19H31N5O3/c1-4-15(2)22-19(20-13-16(3)23-9-11-27-12-10-23)21-14-17-5-7-18(8-6-17)24(25)26/h5-8,15-16H,4,9-14H2,1-3H3,(H2,20,21,22). The fraction of sp³-hybridized carbons (Fsp3) is 0.632. The molecule has 1 aliphatic rings. The van der Waals surface area contributed by atoms with Crippen LogP contribution >= 0.6 is 0 Å². The van der Waals surface area contributed by atoms with E-state index in [0.29, 0.717) is 18.6 Å². The Morgan fingerprint density at radius 2 is 1.96 bits per heavy atom. The summed E-state index contributed by atoms with van der Waals surface area (Å²) in [6.45, 7) is 11.2. The minimum absolute atomic E-state index is 0.0955. The van der Waals surface area contributed by atoms with Crippen LogP contribution in [0.15, 0.2) is 29.3 Å². The van der Waals surface area contributed by atoms with Gasteiger partial charge in [-0.3, -0.25) is 15.0 Å². The van der Waals surface area contributed by atoms with Gasteiger partial charge < -0.3 is 15.4 Å². The third-order valence-electron chi connectivity index (χ3n) is 4.80. The number of ether oxygens (including phenoxy) is 1. The Balaban J connectivity index is 1.95. The molecule has 1 aromatic rings. The lowest BCUT2D eigenvalue weighted by Crippen LogP contribution is -2.50. The molecule has 150 valence electrons. The average molecular weight is 377 g/mol. The van der Waals surface area contributed by atoms with Crippen molar-refractivity contribution in [1.29, 1.82) is 0 Å². The molecule has 0 bridgehead atoms. The van der Waals surface area contributed by atoms with Crippen LogP contribution in [-0.4, -0.2) is 60.7 Å². The Hall–Kier alpha value is -2.19. The molecule has 1 heterocycles. The lowest BCUT2D eigenvalue weighted by molar-refractivity contribution is -0.384. The lowest BCUT2D eigenvalue weighted by atomic mass is 10.2. The first-order valence-corrected chi connectivity index (χ1v) is 9.59. The number of aliphatic imine (C=N–C) groups is 1. The van der Waals surface area contributed by atoms with Gasteiger partial charge in [0, 0.05) is 43.9 Å². The zero-order valence-corrected chi connectivity index (χ0v) is 16.5. The fourth-order valence-corrected chi connectivity index (χ4v) is 2.77. The van der Waals surface area contributed by atoms with E-state index in [1.165, 1.54) is 12.1 Å². The van der Waals surface area contributed by atoms with Crippen LogP contribution in [0, 0.1) is 10.1 Å². The highest BCUT2D eigenvalue weighted by molar-refractivity contribution is 5.80. The summed E-state index contributed by atoms with van der Waals surface area (Å²) in [4.78, 5) is 17.4. The van der Waals surface area contributed by atoms with Crippen LogP contribution in [-0.2, 0) is 11.3 Å². The van der Waals surface area contributed by atoms with E-state index in [4.69, 9.17) is 4.74 Å². The topological polar surface area (TPSA) is 92.0 Å². The van der Waals surface area contributed by atoms with Crippen molar-refractivity contribution in [3.63, 3.8) is 0 Å². The first-order chi connectivity index (χ1) is 13.0. The van der Waals surface area contributed by atoms with Gasteiger partial charge in [0.25, 0.3) is 5.69 Å². The molecule has 0 aliphatic carbocycles. The Morgan fingerprint density at radius 3 is 2.56 bits per heavy atom. The highest BCUT2D eigenvalue weighted by atomic mass is 16.6. The van der Waals surface area contributed by atoms with E-state index in [0.717, 1.165) is 50.8 Å². The van der Waals surface area contributed by atoms with Gasteiger partial charge in [-0.25, -0.2) is 4.99 Å². The van der Waals surface area contributed by atoms with Crippen molar-refractivity contribution in [2.24, 2.45) is 4.99 Å². The first kappa shape index (κ1) is 21.1. The second kappa shape index (κ2) is 10.8. The van der Waals surface area contributed by atoms with Crippen LogP contribution in [0.2, 0.25) is 0 Å². The second-order valence-electron chi connectivity index (χ2n) is 6.92. The highest BCUT2D eigenvalue weighted by Crippen LogP contribution is 2.12. The predicted octanol–water partition coefficient (Wildman–Crippen LogP) is 2.15. The summed E-state index contributed by atoms with van der Waals surface area (Å²) in [6.07, 6.45) is 0.997. The molecule has 27 heavy (non-hydrogen) atoms. The summed E-state index contributed by atoms with van der Waals surface area (Å²) >= 11 is 0. The molecule has 0 aromatic heterocycles. The average Bonchev–Trinajstić information content (AvgIpc) is 2.70. The van der Waals surface area contributed by atoms with E-state index in [1.54, 1.807) is 12.1 Å². The van der Waals surface area contributed by atoms with Crippen molar-refractivity contribution in [1.82, 2.24) is 15.5 Å². The SMILES string of the molecule is CCC(C)NC(=NCc1ccc([N+](=O)[O-])cc1)NCC(C)N1CCOCC1. The van der Waals surface area contributed by atoms with Gasteiger partial charge in [-0.1, -0.05) is 19.1 Å². The largest absolute Gasteiger partial charge is 0.379 e. The Morgan fingerprint density at radius 1 is 1.30 bits per heavy atom. The third kappa shape index (κ3) is 7.15. The minimum Gasteiger partial charge on any atom is -0.379 e. The van der Waals surface area contributed by atoms with Crippen LogP contribution in [0.1, 0.15) is 32.8 Å². The van der Waals surface area contributed by atoms with Crippen molar-refractivity contribution in [2.45, 2.75) is 45.8 Å². The molecule has 0 spiro atoms. The van der Waals surface area contributed by atoms with Gasteiger partial charge in [0.1, 0.15) is 0 Å². The van der Waals surface area contributed by atoms with E-state index < -0.39 is 4.92 Å². The van der Waals surface area contributed by atoms with E-state index >= 15 is 0 Å². The van der Waals surface area contributed by atoms with Gasteiger partial charge in [-0.05, 0) is 25.8 Å². The van der Waals surface area contributed by atoms with Gasteiger partial charge in [0.2, 0.25) is 0 Å². The van der Waals surface area contributed by atoms with Gasteiger partial charge in [-0.15, -0.1) is 0 Å². The molecule has 2 N–H and O–H groups in total. The van der Waals surface area contributed by atoms with Crippen LogP contribution in [0.25, 0.3) is 0 Å². The molecule has 1 fully saturated rings. The van der Waals surface area contributed by atoms with E-state index in [9.17, 15) is 10.1 Å². The van der Waals surface area contributed by atoms with Crippen molar-refractivity contribution in [3.8, 4) is 0 Å². The number of hydrogen-bond acceptors (Lipinski definition) is 5. The Kier molecular flexibility index (Phi) is 8.47. The summed E-state index contributed by atoms with van der Waals surface area (Å²) in [5.41, 5.74) is 1.03. The molecule has 8 nitrogen and oxygen atoms in total. The zero-order chi connectivity index (χ0) is 19.6. The number of nitrogens with one attached hydrogen (secondary N) is 2. The van der Waals surface area contributed by atoms with Gasteiger partial charge in [0.05, 0.1) is 24.7 Å². The summed E-state index contributed by atoms with van der Waals surface area (Å²) in [5.74, 6) is 0.766. The molecular formula is C19H31N5O3. The Bertz CT molecular complexity index is 614. The van der Waals surface area contributed by atoms with Crippen LogP contribution in [0.5, 0.6) is 0 Å². The maximum Gasteiger partial charge on any atom is 0.269 e. The number of hydrogen-bond donors (Lipinski definition) is 2. The lowest BCUT2D eigenvalue weighted by Gasteiger charge is -2.32. The minimum atomic E-state index is -0.391.